The third-order valence-corrected chi connectivity index (χ3v) is 4.74. The highest BCUT2D eigenvalue weighted by Crippen LogP contribution is 2.37. The summed E-state index contributed by atoms with van der Waals surface area (Å²) in [5, 5.41) is 4.90. The molecule has 112 valence electrons. The highest BCUT2D eigenvalue weighted by molar-refractivity contribution is 6.42. The Morgan fingerprint density at radius 1 is 1.35 bits per heavy atom. The molecule has 1 aliphatic rings. The van der Waals surface area contributed by atoms with Crippen molar-refractivity contribution in [1.29, 1.82) is 0 Å². The summed E-state index contributed by atoms with van der Waals surface area (Å²) in [6, 6.07) is 6.13. The Hall–Kier alpha value is -0.280. The van der Waals surface area contributed by atoms with Crippen molar-refractivity contribution in [2.75, 3.05) is 13.7 Å². The van der Waals surface area contributed by atoms with Crippen LogP contribution in [0.15, 0.2) is 18.2 Å². The van der Waals surface area contributed by atoms with Gasteiger partial charge in [0.2, 0.25) is 0 Å². The standard InChI is InChI=1S/C16H23Cl2NO/c1-3-9-19-14(16(20-2)11-7-8-11)10-12-5-4-6-13(17)15(12)18/h4-6,11,14,16,19H,3,7-10H2,1-2H3. The summed E-state index contributed by atoms with van der Waals surface area (Å²) in [6.45, 7) is 3.17. The van der Waals surface area contributed by atoms with Gasteiger partial charge in [0.15, 0.2) is 0 Å². The zero-order chi connectivity index (χ0) is 14.5. The summed E-state index contributed by atoms with van der Waals surface area (Å²) in [7, 11) is 1.81. The minimum atomic E-state index is 0.261. The molecule has 0 bridgehead atoms. The van der Waals surface area contributed by atoms with Gasteiger partial charge in [0, 0.05) is 13.2 Å². The first-order valence-electron chi connectivity index (χ1n) is 7.36. The molecule has 1 aliphatic carbocycles. The summed E-state index contributed by atoms with van der Waals surface area (Å²) >= 11 is 12.4. The maximum atomic E-state index is 6.31. The molecule has 0 spiro atoms. The molecule has 1 N–H and O–H groups in total. The van der Waals surface area contributed by atoms with E-state index in [0.29, 0.717) is 22.0 Å². The third-order valence-electron chi connectivity index (χ3n) is 3.88. The molecule has 0 heterocycles. The van der Waals surface area contributed by atoms with Gasteiger partial charge in [-0.05, 0) is 49.8 Å². The largest absolute Gasteiger partial charge is 0.380 e. The lowest BCUT2D eigenvalue weighted by Gasteiger charge is -2.27. The second kappa shape index (κ2) is 7.65. The highest BCUT2D eigenvalue weighted by atomic mass is 35.5. The number of nitrogens with one attached hydrogen (secondary N) is 1. The molecule has 0 saturated heterocycles. The van der Waals surface area contributed by atoms with Crippen LogP contribution in [0.25, 0.3) is 0 Å². The summed E-state index contributed by atoms with van der Waals surface area (Å²) in [5.74, 6) is 0.687. The molecular weight excluding hydrogens is 293 g/mol. The van der Waals surface area contributed by atoms with Crippen LogP contribution in [0.2, 0.25) is 10.0 Å². The van der Waals surface area contributed by atoms with Crippen molar-refractivity contribution >= 4 is 23.2 Å². The fourth-order valence-corrected chi connectivity index (χ4v) is 3.08. The third kappa shape index (κ3) is 4.11. The summed E-state index contributed by atoms with van der Waals surface area (Å²) < 4.78 is 5.74. The molecule has 20 heavy (non-hydrogen) atoms. The average Bonchev–Trinajstić information content (AvgIpc) is 3.26. The number of halogens is 2. The zero-order valence-electron chi connectivity index (χ0n) is 12.2. The number of hydrogen-bond acceptors (Lipinski definition) is 2. The number of ether oxygens (including phenoxy) is 1. The van der Waals surface area contributed by atoms with Gasteiger partial charge in [0.25, 0.3) is 0 Å². The van der Waals surface area contributed by atoms with Crippen molar-refractivity contribution in [3.8, 4) is 0 Å². The van der Waals surface area contributed by atoms with Gasteiger partial charge in [-0.25, -0.2) is 0 Å². The van der Waals surface area contributed by atoms with E-state index in [1.807, 2.05) is 19.2 Å². The van der Waals surface area contributed by atoms with Gasteiger partial charge >= 0.3 is 0 Å². The lowest BCUT2D eigenvalue weighted by atomic mass is 9.98. The van der Waals surface area contributed by atoms with Gasteiger partial charge in [-0.15, -0.1) is 0 Å². The Bertz CT molecular complexity index is 434. The lowest BCUT2D eigenvalue weighted by molar-refractivity contribution is 0.0511. The van der Waals surface area contributed by atoms with Crippen LogP contribution in [0.4, 0.5) is 0 Å². The van der Waals surface area contributed by atoms with Crippen LogP contribution in [0.5, 0.6) is 0 Å². The van der Waals surface area contributed by atoms with Crippen LogP contribution in [0.3, 0.4) is 0 Å². The van der Waals surface area contributed by atoms with Crippen molar-refractivity contribution in [3.05, 3.63) is 33.8 Å². The Labute approximate surface area is 131 Å². The normalized spacial score (nSPS) is 18.0. The second-order valence-electron chi connectivity index (χ2n) is 5.52. The van der Waals surface area contributed by atoms with E-state index in [1.54, 1.807) is 0 Å². The van der Waals surface area contributed by atoms with E-state index in [-0.39, 0.29) is 6.10 Å². The second-order valence-corrected chi connectivity index (χ2v) is 6.30. The van der Waals surface area contributed by atoms with Gasteiger partial charge in [-0.3, -0.25) is 0 Å². The molecule has 0 aromatic heterocycles. The smallest absolute Gasteiger partial charge is 0.0755 e. The Morgan fingerprint density at radius 2 is 2.10 bits per heavy atom. The van der Waals surface area contributed by atoms with Gasteiger partial charge in [0.1, 0.15) is 0 Å². The van der Waals surface area contributed by atoms with E-state index in [9.17, 15) is 0 Å². The van der Waals surface area contributed by atoms with Crippen molar-refractivity contribution in [1.82, 2.24) is 5.32 Å². The molecular formula is C16H23Cl2NO. The molecule has 2 nitrogen and oxygen atoms in total. The van der Waals surface area contributed by atoms with E-state index in [0.717, 1.165) is 24.9 Å². The van der Waals surface area contributed by atoms with Crippen molar-refractivity contribution in [2.45, 2.75) is 44.8 Å². The molecule has 2 unspecified atom stereocenters. The van der Waals surface area contributed by atoms with Crippen LogP contribution >= 0.6 is 23.2 Å². The van der Waals surface area contributed by atoms with Crippen molar-refractivity contribution < 1.29 is 4.74 Å². The molecule has 1 fully saturated rings. The number of methoxy groups -OCH3 is 1. The van der Waals surface area contributed by atoms with E-state index in [2.05, 4.69) is 18.3 Å². The molecule has 1 aromatic carbocycles. The Kier molecular flexibility index (Phi) is 6.16. The van der Waals surface area contributed by atoms with Crippen molar-refractivity contribution in [3.63, 3.8) is 0 Å². The van der Waals surface area contributed by atoms with E-state index in [1.165, 1.54) is 12.8 Å². The molecule has 1 saturated carbocycles. The first-order valence-corrected chi connectivity index (χ1v) is 8.12. The fourth-order valence-electron chi connectivity index (χ4n) is 2.69. The topological polar surface area (TPSA) is 21.3 Å². The Balaban J connectivity index is 2.11. The number of hydrogen-bond donors (Lipinski definition) is 1. The molecule has 1 aromatic rings. The summed E-state index contributed by atoms with van der Waals surface area (Å²) in [6.07, 6.45) is 4.77. The van der Waals surface area contributed by atoms with Gasteiger partial charge < -0.3 is 10.1 Å². The predicted octanol–water partition coefficient (Wildman–Crippen LogP) is 4.33. The minimum absolute atomic E-state index is 0.261. The number of benzene rings is 1. The van der Waals surface area contributed by atoms with Crippen molar-refractivity contribution in [2.24, 2.45) is 5.92 Å². The van der Waals surface area contributed by atoms with Crippen LogP contribution in [-0.4, -0.2) is 25.8 Å². The molecule has 2 atom stereocenters. The van der Waals surface area contributed by atoms with Crippen LogP contribution in [0.1, 0.15) is 31.7 Å². The van der Waals surface area contributed by atoms with Crippen LogP contribution < -0.4 is 5.32 Å². The van der Waals surface area contributed by atoms with E-state index < -0.39 is 0 Å². The maximum absolute atomic E-state index is 6.31. The van der Waals surface area contributed by atoms with E-state index in [4.69, 9.17) is 27.9 Å². The predicted molar refractivity (Wildman–Crippen MR) is 85.8 cm³/mol. The Morgan fingerprint density at radius 3 is 2.70 bits per heavy atom. The molecule has 4 heteroatoms. The summed E-state index contributed by atoms with van der Waals surface area (Å²) in [5.41, 5.74) is 1.09. The average molecular weight is 316 g/mol. The highest BCUT2D eigenvalue weighted by Gasteiger charge is 2.36. The van der Waals surface area contributed by atoms with Crippen LogP contribution in [0, 0.1) is 5.92 Å². The summed E-state index contributed by atoms with van der Waals surface area (Å²) in [4.78, 5) is 0. The number of rotatable bonds is 8. The fraction of sp³-hybridized carbons (Fsp3) is 0.625. The maximum Gasteiger partial charge on any atom is 0.0755 e. The zero-order valence-corrected chi connectivity index (χ0v) is 13.7. The molecule has 2 rings (SSSR count). The van der Waals surface area contributed by atoms with Gasteiger partial charge in [0.05, 0.1) is 16.1 Å². The molecule has 0 amide bonds. The first-order chi connectivity index (χ1) is 9.67. The minimum Gasteiger partial charge on any atom is -0.380 e. The molecule has 0 aliphatic heterocycles. The lowest BCUT2D eigenvalue weighted by Crippen LogP contribution is -2.44. The quantitative estimate of drug-likeness (QED) is 0.771. The SMILES string of the molecule is CCCNC(Cc1cccc(Cl)c1Cl)C(OC)C1CC1. The monoisotopic (exact) mass is 315 g/mol. The molecule has 0 radical (unpaired) electrons. The van der Waals surface area contributed by atoms with E-state index >= 15 is 0 Å². The first kappa shape index (κ1) is 16.1. The van der Waals surface area contributed by atoms with Gasteiger partial charge in [-0.1, -0.05) is 42.3 Å². The van der Waals surface area contributed by atoms with Crippen LogP contribution in [-0.2, 0) is 11.2 Å². The van der Waals surface area contributed by atoms with Gasteiger partial charge in [-0.2, -0.15) is 0 Å².